The van der Waals surface area contributed by atoms with Gasteiger partial charge in [0.1, 0.15) is 54.1 Å². The molecule has 3 saturated heterocycles. The first-order valence-corrected chi connectivity index (χ1v) is 26.6. The Morgan fingerprint density at radius 1 is 0.880 bits per heavy atom. The van der Waals surface area contributed by atoms with Crippen LogP contribution in [-0.4, -0.2) is 179 Å². The summed E-state index contributed by atoms with van der Waals surface area (Å²) in [6.07, 6.45) is -1.65. The highest BCUT2D eigenvalue weighted by atomic mass is 16.5. The minimum atomic E-state index is -1.72. The maximum absolute atomic E-state index is 14.9. The van der Waals surface area contributed by atoms with Crippen molar-refractivity contribution in [3.8, 4) is 5.75 Å². The smallest absolute Gasteiger partial charge is 0.329 e. The highest BCUT2D eigenvalue weighted by Crippen LogP contribution is 2.27. The molecule has 8 amide bonds. The van der Waals surface area contributed by atoms with Gasteiger partial charge >= 0.3 is 5.97 Å². The van der Waals surface area contributed by atoms with Gasteiger partial charge in [-0.1, -0.05) is 73.9 Å². The normalized spacial score (nSPS) is 26.7. The summed E-state index contributed by atoms with van der Waals surface area (Å²) in [6, 6.07) is -2.99. The molecule has 4 rings (SSSR count). The lowest BCUT2D eigenvalue weighted by Crippen LogP contribution is -2.62. The number of esters is 1. The second-order valence-electron chi connectivity index (χ2n) is 21.8. The number of hydrogen-bond acceptors (Lipinski definition) is 13. The van der Waals surface area contributed by atoms with Gasteiger partial charge in [-0.05, 0) is 86.8 Å². The van der Waals surface area contributed by atoms with E-state index in [0.717, 1.165) is 6.92 Å². The number of rotatable bonds is 15. The van der Waals surface area contributed by atoms with Crippen LogP contribution in [0.25, 0.3) is 0 Å². The minimum absolute atomic E-state index is 0.0818. The van der Waals surface area contributed by atoms with Gasteiger partial charge in [0.15, 0.2) is 0 Å². The first-order chi connectivity index (χ1) is 35.2. The average molecular weight is 1050 g/mol. The van der Waals surface area contributed by atoms with Crippen LogP contribution in [0.4, 0.5) is 0 Å². The molecule has 21 heteroatoms. The van der Waals surface area contributed by atoms with E-state index in [9.17, 15) is 53.1 Å². The molecule has 1 aromatic carbocycles. The number of ketones is 1. The number of fused-ring (bicyclic) bond motifs is 1. The zero-order valence-electron chi connectivity index (χ0n) is 46.3. The van der Waals surface area contributed by atoms with Crippen molar-refractivity contribution in [1.29, 1.82) is 0 Å². The number of likely N-dealkylation sites (tertiary alicyclic amines) is 1. The first kappa shape index (κ1) is 61.4. The van der Waals surface area contributed by atoms with Crippen LogP contribution in [0.2, 0.25) is 0 Å². The molecule has 418 valence electrons. The van der Waals surface area contributed by atoms with Crippen molar-refractivity contribution >= 4 is 59.0 Å². The van der Waals surface area contributed by atoms with Crippen LogP contribution in [0.5, 0.6) is 5.75 Å². The van der Waals surface area contributed by atoms with Gasteiger partial charge in [-0.3, -0.25) is 43.2 Å². The number of hydrogen-bond donors (Lipinski definition) is 5. The summed E-state index contributed by atoms with van der Waals surface area (Å²) < 4.78 is 11.5. The van der Waals surface area contributed by atoms with Crippen molar-refractivity contribution in [3.05, 3.63) is 29.8 Å². The Balaban J connectivity index is 1.87. The fourth-order valence-corrected chi connectivity index (χ4v) is 10.1. The van der Waals surface area contributed by atoms with Crippen molar-refractivity contribution in [2.24, 2.45) is 23.7 Å². The van der Waals surface area contributed by atoms with Crippen LogP contribution in [0, 0.1) is 23.7 Å². The number of Topliss-reactive ketones (excluding diaryl/α,β-unsaturated/α-hetero) is 1. The summed E-state index contributed by atoms with van der Waals surface area (Å²) >= 11 is 0. The number of aliphatic hydroxyl groups excluding tert-OH is 1. The number of methoxy groups -OCH3 is 1. The van der Waals surface area contributed by atoms with Crippen LogP contribution < -0.4 is 26.0 Å². The summed E-state index contributed by atoms with van der Waals surface area (Å²) in [4.78, 5) is 146. The number of benzene rings is 1. The molecule has 0 bridgehead atoms. The van der Waals surface area contributed by atoms with Crippen LogP contribution >= 0.6 is 0 Å². The van der Waals surface area contributed by atoms with Crippen molar-refractivity contribution in [2.75, 3.05) is 34.3 Å². The number of ether oxygens (including phenoxy) is 2. The molecule has 75 heavy (non-hydrogen) atoms. The van der Waals surface area contributed by atoms with E-state index in [4.69, 9.17) is 9.47 Å². The lowest BCUT2D eigenvalue weighted by molar-refractivity contribution is -0.162. The van der Waals surface area contributed by atoms with E-state index < -0.39 is 138 Å². The van der Waals surface area contributed by atoms with Gasteiger partial charge in [0.25, 0.3) is 5.91 Å². The second kappa shape index (κ2) is 27.6. The molecule has 0 spiro atoms. The highest BCUT2D eigenvalue weighted by molar-refractivity contribution is 6.35. The lowest BCUT2D eigenvalue weighted by atomic mass is 9.91. The summed E-state index contributed by atoms with van der Waals surface area (Å²) in [7, 11) is 4.32. The predicted molar refractivity (Wildman–Crippen MR) is 277 cm³/mol. The van der Waals surface area contributed by atoms with Crippen LogP contribution in [-0.2, 0) is 59.1 Å². The third-order valence-corrected chi connectivity index (χ3v) is 14.7. The van der Waals surface area contributed by atoms with Crippen LogP contribution in [0.1, 0.15) is 126 Å². The zero-order chi connectivity index (χ0) is 56.2. The Kier molecular flexibility index (Phi) is 22.6. The fraction of sp³-hybridized carbons (Fsp3) is 0.704. The number of nitrogens with zero attached hydrogens (tertiary/aromatic N) is 4. The van der Waals surface area contributed by atoms with Crippen molar-refractivity contribution in [3.63, 3.8) is 0 Å². The SMILES string of the molecule is CC[C@H](C)[C@H]1NC(=O)[C@@H](NC(=O)[C@@H](CC(C)C)N(C)C(=O)[C@@H]2CCCN2C(=O)C(C)=O)[C@@H](C)OC(=O)[C@H](Cc2ccc(OC)cc2)N(C)C(=O)[C@@H]2CCCN2C(=O)[C@H](CC(C)C)NC(=O)[C@H](C(C)C)NC(=O)C[C@@H]1O. The predicted octanol–water partition coefficient (Wildman–Crippen LogP) is 1.89. The molecule has 21 nitrogen and oxygen atoms in total. The largest absolute Gasteiger partial charge is 0.497 e. The Morgan fingerprint density at radius 2 is 1.52 bits per heavy atom. The number of aliphatic hydroxyl groups is 1. The van der Waals surface area contributed by atoms with Gasteiger partial charge < -0.3 is 55.4 Å². The minimum Gasteiger partial charge on any atom is -0.497 e. The van der Waals surface area contributed by atoms with Gasteiger partial charge in [0.05, 0.1) is 25.7 Å². The average Bonchev–Trinajstić information content (AvgIpc) is 4.06. The molecule has 3 aliphatic rings. The molecule has 0 saturated carbocycles. The Bertz CT molecular complexity index is 2220. The zero-order valence-corrected chi connectivity index (χ0v) is 46.3. The molecule has 0 aliphatic carbocycles. The first-order valence-electron chi connectivity index (χ1n) is 26.6. The topological polar surface area (TPSA) is 270 Å². The summed E-state index contributed by atoms with van der Waals surface area (Å²) in [5.74, 6) is -8.05. The quantitative estimate of drug-likeness (QED) is 0.124. The van der Waals surface area contributed by atoms with E-state index in [1.807, 2.05) is 34.6 Å². The van der Waals surface area contributed by atoms with Crippen molar-refractivity contribution in [2.45, 2.75) is 188 Å². The number of nitrogens with one attached hydrogen (secondary N) is 4. The molecule has 0 radical (unpaired) electrons. The van der Waals surface area contributed by atoms with Gasteiger partial charge in [-0.2, -0.15) is 0 Å². The van der Waals surface area contributed by atoms with Gasteiger partial charge in [0.2, 0.25) is 47.1 Å². The molecule has 3 fully saturated rings. The van der Waals surface area contributed by atoms with Crippen molar-refractivity contribution < 1.29 is 62.5 Å². The highest BCUT2D eigenvalue weighted by Gasteiger charge is 2.45. The Labute approximate surface area is 442 Å². The van der Waals surface area contributed by atoms with E-state index in [0.29, 0.717) is 30.6 Å². The van der Waals surface area contributed by atoms with Crippen molar-refractivity contribution in [1.82, 2.24) is 40.9 Å². The Morgan fingerprint density at radius 3 is 2.09 bits per heavy atom. The lowest BCUT2D eigenvalue weighted by Gasteiger charge is -2.36. The van der Waals surface area contributed by atoms with Crippen LogP contribution in [0.3, 0.4) is 0 Å². The fourth-order valence-electron chi connectivity index (χ4n) is 10.1. The van der Waals surface area contributed by atoms with E-state index in [1.165, 1.54) is 47.7 Å². The third-order valence-electron chi connectivity index (χ3n) is 14.7. The summed E-state index contributed by atoms with van der Waals surface area (Å²) in [5.41, 5.74) is 0.598. The number of carbonyl (C=O) groups excluding carboxylic acids is 10. The summed E-state index contributed by atoms with van der Waals surface area (Å²) in [5, 5.41) is 23.0. The Hall–Kier alpha value is -6.12. The van der Waals surface area contributed by atoms with Gasteiger partial charge in [0, 0.05) is 40.5 Å². The van der Waals surface area contributed by atoms with E-state index in [-0.39, 0.29) is 57.0 Å². The standard InChI is InChI=1S/C54H84N8O13/c1-14-32(8)45-42(64)28-43(65)56-44(31(6)7)48(67)55-37(25-29(2)3)51(70)62-24-16-18-39(62)53(72)60(12)41(27-35-19-21-36(74-13)22-20-35)54(73)75-34(10)46(49(68)57-45)58-47(66)40(26-30(4)5)59(11)52(71)38-17-15-23-61(38)50(69)33(9)63/h19-22,29-32,34,37-42,44-46,64H,14-18,23-28H2,1-13H3,(H,55,67)(H,56,65)(H,57,68)(H,58,66)/t32-,34+,37-,38-,39-,40+,41-,42-,44-,45+,46-/m0/s1. The third kappa shape index (κ3) is 16.0. The molecule has 1 aromatic rings. The molecule has 5 N–H and O–H groups in total. The number of cyclic esters (lactones) is 1. The van der Waals surface area contributed by atoms with Gasteiger partial charge in [-0.15, -0.1) is 0 Å². The van der Waals surface area contributed by atoms with Crippen LogP contribution in [0.15, 0.2) is 24.3 Å². The molecule has 0 aromatic heterocycles. The number of carbonyl (C=O) groups is 10. The maximum atomic E-state index is 14.9. The van der Waals surface area contributed by atoms with E-state index in [2.05, 4.69) is 21.3 Å². The maximum Gasteiger partial charge on any atom is 0.329 e. The second-order valence-corrected chi connectivity index (χ2v) is 21.8. The molecule has 11 atom stereocenters. The molecule has 3 aliphatic heterocycles. The number of likely N-dealkylation sites (N-methyl/N-ethyl adjacent to an activating group) is 2. The monoisotopic (exact) mass is 1050 g/mol. The summed E-state index contributed by atoms with van der Waals surface area (Å²) in [6.45, 7) is 17.3. The van der Waals surface area contributed by atoms with Gasteiger partial charge in [-0.25, -0.2) is 4.79 Å². The van der Waals surface area contributed by atoms with E-state index >= 15 is 0 Å². The number of amides is 8. The molecular weight excluding hydrogens is 969 g/mol. The van der Waals surface area contributed by atoms with E-state index in [1.54, 1.807) is 45.0 Å². The molecule has 3 heterocycles. The molecular formula is C54H84N8O13. The molecule has 0 unspecified atom stereocenters.